The lowest BCUT2D eigenvalue weighted by molar-refractivity contribution is -0.144. The molecule has 1 heterocycles. The number of carboxylic acids is 1. The molecule has 0 aliphatic heterocycles. The molecule has 1 aliphatic rings. The number of aliphatic hydroxyl groups is 1. The first-order valence-electron chi connectivity index (χ1n) is 5.94. The van der Waals surface area contributed by atoms with Gasteiger partial charge in [0.25, 0.3) is 0 Å². The smallest absolute Gasteiger partial charge is 0.306 e. The summed E-state index contributed by atoms with van der Waals surface area (Å²) in [4.78, 5) is 19.0. The summed E-state index contributed by atoms with van der Waals surface area (Å²) in [5, 5.41) is 19.9. The first kappa shape index (κ1) is 13.3. The van der Waals surface area contributed by atoms with Crippen molar-refractivity contribution in [3.63, 3.8) is 0 Å². The molecule has 18 heavy (non-hydrogen) atoms. The van der Waals surface area contributed by atoms with Crippen molar-refractivity contribution in [1.82, 2.24) is 9.97 Å². The SMILES string of the molecule is O=C(O)C1CCC(O)(CSc2ncccn2)CC1. The average Bonchev–Trinajstić information content (AvgIpc) is 2.38. The third-order valence-corrected chi connectivity index (χ3v) is 4.43. The summed E-state index contributed by atoms with van der Waals surface area (Å²) in [5.41, 5.74) is -0.782. The minimum atomic E-state index is -0.782. The van der Waals surface area contributed by atoms with Crippen LogP contribution in [-0.4, -0.2) is 37.5 Å². The standard InChI is InChI=1S/C12H16N2O3S/c15-10(16)9-2-4-12(17,5-3-9)8-18-11-13-6-1-7-14-11/h1,6-7,9,17H,2-5,8H2,(H,15,16). The zero-order valence-electron chi connectivity index (χ0n) is 9.95. The zero-order valence-corrected chi connectivity index (χ0v) is 10.8. The highest BCUT2D eigenvalue weighted by Gasteiger charge is 2.35. The molecule has 2 rings (SSSR count). The molecule has 0 radical (unpaired) electrons. The predicted octanol–water partition coefficient (Wildman–Crippen LogP) is 1.57. The predicted molar refractivity (Wildman–Crippen MR) is 67.3 cm³/mol. The highest BCUT2D eigenvalue weighted by Crippen LogP contribution is 2.35. The van der Waals surface area contributed by atoms with Gasteiger partial charge in [0.2, 0.25) is 0 Å². The van der Waals surface area contributed by atoms with Gasteiger partial charge in [-0.05, 0) is 31.7 Å². The Morgan fingerprint density at radius 2 is 2.00 bits per heavy atom. The molecule has 2 N–H and O–H groups in total. The van der Waals surface area contributed by atoms with Crippen molar-refractivity contribution >= 4 is 17.7 Å². The normalized spacial score (nSPS) is 27.9. The Bertz CT molecular complexity index is 405. The van der Waals surface area contributed by atoms with Gasteiger partial charge >= 0.3 is 5.97 Å². The van der Waals surface area contributed by atoms with Gasteiger partial charge in [0, 0.05) is 18.1 Å². The van der Waals surface area contributed by atoms with Crippen molar-refractivity contribution in [3.05, 3.63) is 18.5 Å². The maximum absolute atomic E-state index is 10.8. The van der Waals surface area contributed by atoms with Crippen LogP contribution in [0.3, 0.4) is 0 Å². The second kappa shape index (κ2) is 5.67. The van der Waals surface area contributed by atoms with Crippen LogP contribution in [0.15, 0.2) is 23.6 Å². The number of hydrogen-bond donors (Lipinski definition) is 2. The van der Waals surface area contributed by atoms with E-state index in [0.717, 1.165) is 0 Å². The van der Waals surface area contributed by atoms with Gasteiger partial charge in [0.1, 0.15) is 0 Å². The molecule has 5 nitrogen and oxygen atoms in total. The first-order valence-corrected chi connectivity index (χ1v) is 6.93. The van der Waals surface area contributed by atoms with Crippen molar-refractivity contribution in [3.8, 4) is 0 Å². The summed E-state index contributed by atoms with van der Waals surface area (Å²) >= 11 is 1.42. The second-order valence-electron chi connectivity index (χ2n) is 4.66. The second-order valence-corrected chi connectivity index (χ2v) is 5.60. The largest absolute Gasteiger partial charge is 0.481 e. The topological polar surface area (TPSA) is 83.3 Å². The maximum Gasteiger partial charge on any atom is 0.306 e. The summed E-state index contributed by atoms with van der Waals surface area (Å²) in [7, 11) is 0. The number of aliphatic carboxylic acids is 1. The Morgan fingerprint density at radius 1 is 1.39 bits per heavy atom. The van der Waals surface area contributed by atoms with Crippen LogP contribution in [0.2, 0.25) is 0 Å². The lowest BCUT2D eigenvalue weighted by Crippen LogP contribution is -2.38. The van der Waals surface area contributed by atoms with Gasteiger partial charge in [-0.2, -0.15) is 0 Å². The average molecular weight is 268 g/mol. The molecule has 0 bridgehead atoms. The van der Waals surface area contributed by atoms with E-state index in [1.165, 1.54) is 11.8 Å². The number of carbonyl (C=O) groups is 1. The summed E-state index contributed by atoms with van der Waals surface area (Å²) in [6, 6.07) is 1.75. The number of hydrogen-bond acceptors (Lipinski definition) is 5. The van der Waals surface area contributed by atoms with E-state index in [-0.39, 0.29) is 5.92 Å². The molecule has 0 saturated heterocycles. The Morgan fingerprint density at radius 3 is 2.56 bits per heavy atom. The molecule has 1 aromatic rings. The van der Waals surface area contributed by atoms with E-state index >= 15 is 0 Å². The van der Waals surface area contributed by atoms with Gasteiger partial charge in [-0.3, -0.25) is 4.79 Å². The quantitative estimate of drug-likeness (QED) is 0.637. The number of thioether (sulfide) groups is 1. The minimum Gasteiger partial charge on any atom is -0.481 e. The Kier molecular flexibility index (Phi) is 4.19. The molecule has 1 fully saturated rings. The van der Waals surface area contributed by atoms with Crippen molar-refractivity contribution in [2.75, 3.05) is 5.75 Å². The van der Waals surface area contributed by atoms with Crippen LogP contribution in [0.5, 0.6) is 0 Å². The first-order chi connectivity index (χ1) is 8.59. The monoisotopic (exact) mass is 268 g/mol. The van der Waals surface area contributed by atoms with Gasteiger partial charge in [-0.1, -0.05) is 11.8 Å². The molecule has 1 aromatic heterocycles. The van der Waals surface area contributed by atoms with Crippen molar-refractivity contribution in [1.29, 1.82) is 0 Å². The molecular weight excluding hydrogens is 252 g/mol. The molecule has 6 heteroatoms. The molecule has 1 saturated carbocycles. The Labute approximate surface area is 110 Å². The number of rotatable bonds is 4. The molecular formula is C12H16N2O3S. The van der Waals surface area contributed by atoms with Crippen LogP contribution in [-0.2, 0) is 4.79 Å². The molecule has 0 unspecified atom stereocenters. The maximum atomic E-state index is 10.8. The molecule has 98 valence electrons. The van der Waals surface area contributed by atoms with Crippen LogP contribution in [0.4, 0.5) is 0 Å². The van der Waals surface area contributed by atoms with Gasteiger partial charge in [0.15, 0.2) is 5.16 Å². The van der Waals surface area contributed by atoms with Gasteiger partial charge in [-0.25, -0.2) is 9.97 Å². The van der Waals surface area contributed by atoms with Gasteiger partial charge in [0.05, 0.1) is 11.5 Å². The third kappa shape index (κ3) is 3.43. The number of nitrogens with zero attached hydrogens (tertiary/aromatic N) is 2. The highest BCUT2D eigenvalue weighted by atomic mass is 32.2. The number of carboxylic acid groups (broad SMARTS) is 1. The van der Waals surface area contributed by atoms with E-state index < -0.39 is 11.6 Å². The zero-order chi connectivity index (χ0) is 13.0. The summed E-state index contributed by atoms with van der Waals surface area (Å²) < 4.78 is 0. The molecule has 0 amide bonds. The van der Waals surface area contributed by atoms with Crippen LogP contribution >= 0.6 is 11.8 Å². The Balaban J connectivity index is 1.85. The highest BCUT2D eigenvalue weighted by molar-refractivity contribution is 7.99. The lowest BCUT2D eigenvalue weighted by Gasteiger charge is -2.34. The minimum absolute atomic E-state index is 0.303. The van der Waals surface area contributed by atoms with E-state index in [2.05, 4.69) is 9.97 Å². The fraction of sp³-hybridized carbons (Fsp3) is 0.583. The summed E-state index contributed by atoms with van der Waals surface area (Å²) in [5.74, 6) is -0.539. The van der Waals surface area contributed by atoms with E-state index in [1.807, 2.05) is 0 Å². The van der Waals surface area contributed by atoms with Crippen LogP contribution in [0.1, 0.15) is 25.7 Å². The molecule has 1 aliphatic carbocycles. The fourth-order valence-corrected chi connectivity index (χ4v) is 3.06. The molecule has 0 atom stereocenters. The number of aromatic nitrogens is 2. The van der Waals surface area contributed by atoms with Crippen LogP contribution in [0, 0.1) is 5.92 Å². The Hall–Kier alpha value is -1.14. The van der Waals surface area contributed by atoms with E-state index in [4.69, 9.17) is 5.11 Å². The molecule has 0 aromatic carbocycles. The van der Waals surface area contributed by atoms with Crippen LogP contribution in [0.25, 0.3) is 0 Å². The van der Waals surface area contributed by atoms with Gasteiger partial charge in [-0.15, -0.1) is 0 Å². The summed E-state index contributed by atoms with van der Waals surface area (Å²) in [6.45, 7) is 0. The lowest BCUT2D eigenvalue weighted by atomic mass is 9.80. The molecule has 0 spiro atoms. The fourth-order valence-electron chi connectivity index (χ4n) is 2.11. The van der Waals surface area contributed by atoms with Crippen molar-refractivity contribution in [2.24, 2.45) is 5.92 Å². The third-order valence-electron chi connectivity index (χ3n) is 3.28. The summed E-state index contributed by atoms with van der Waals surface area (Å²) in [6.07, 6.45) is 5.49. The van der Waals surface area contributed by atoms with Gasteiger partial charge < -0.3 is 10.2 Å². The van der Waals surface area contributed by atoms with E-state index in [9.17, 15) is 9.90 Å². The van der Waals surface area contributed by atoms with Crippen molar-refractivity contribution < 1.29 is 15.0 Å². The van der Waals surface area contributed by atoms with E-state index in [1.54, 1.807) is 18.5 Å². The van der Waals surface area contributed by atoms with E-state index in [0.29, 0.717) is 36.6 Å². The van der Waals surface area contributed by atoms with Crippen LogP contribution < -0.4 is 0 Å². The van der Waals surface area contributed by atoms with Crippen molar-refractivity contribution in [2.45, 2.75) is 36.4 Å².